The molecule has 3 heterocycles. The van der Waals surface area contributed by atoms with Gasteiger partial charge in [0.05, 0.1) is 21.6 Å². The zero-order chi connectivity index (χ0) is 36.2. The Bertz CT molecular complexity index is 2840. The first-order valence-electron chi connectivity index (χ1n) is 18.4. The fourth-order valence-corrected chi connectivity index (χ4v) is 12.2. The van der Waals surface area contributed by atoms with Gasteiger partial charge in [0.2, 0.25) is 0 Å². The number of nitrogens with zero attached hydrogens (tertiary/aromatic N) is 3. The van der Waals surface area contributed by atoms with Crippen LogP contribution in [0.2, 0.25) is 13.1 Å². The lowest BCUT2D eigenvalue weighted by molar-refractivity contribution is 1.20. The van der Waals surface area contributed by atoms with Gasteiger partial charge >= 0.3 is 0 Å². The van der Waals surface area contributed by atoms with Crippen LogP contribution in [-0.4, -0.2) is 23.0 Å². The third kappa shape index (κ3) is 5.61. The van der Waals surface area contributed by atoms with E-state index in [2.05, 4.69) is 183 Å². The Kier molecular flexibility index (Phi) is 7.79. The first kappa shape index (κ1) is 32.4. The summed E-state index contributed by atoms with van der Waals surface area (Å²) in [5, 5.41) is 3.80. The molecule has 5 heteroatoms. The predicted octanol–water partition coefficient (Wildman–Crippen LogP) is 11.9. The summed E-state index contributed by atoms with van der Waals surface area (Å²) >= 11 is 1.74. The first-order valence-corrected chi connectivity index (χ1v) is 22.2. The molecule has 1 aliphatic heterocycles. The highest BCUT2D eigenvalue weighted by molar-refractivity contribution is 7.21. The van der Waals surface area contributed by atoms with Crippen LogP contribution in [0.25, 0.3) is 88.1 Å². The van der Waals surface area contributed by atoms with E-state index < -0.39 is 8.07 Å². The van der Waals surface area contributed by atoms with Crippen molar-refractivity contribution < 1.29 is 0 Å². The average molecular weight is 726 g/mol. The van der Waals surface area contributed by atoms with Crippen molar-refractivity contribution in [2.45, 2.75) is 13.1 Å². The van der Waals surface area contributed by atoms with Crippen molar-refractivity contribution in [2.75, 3.05) is 0 Å². The minimum absolute atomic E-state index is 0.757. The van der Waals surface area contributed by atoms with Crippen LogP contribution in [-0.2, 0) is 0 Å². The second-order valence-corrected chi connectivity index (χ2v) is 19.8. The van der Waals surface area contributed by atoms with E-state index in [0.717, 1.165) is 55.6 Å². The molecule has 0 spiro atoms. The molecule has 0 atom stereocenters. The fraction of sp³-hybridized carbons (Fsp3) is 0.0408. The first-order chi connectivity index (χ1) is 26.5. The van der Waals surface area contributed by atoms with E-state index in [1.807, 2.05) is 6.07 Å². The highest BCUT2D eigenvalue weighted by Gasteiger charge is 2.41. The molecular weight excluding hydrogens is 691 g/mol. The molecule has 0 aliphatic carbocycles. The number of para-hydroxylation sites is 1. The van der Waals surface area contributed by atoms with E-state index in [1.54, 1.807) is 11.3 Å². The maximum absolute atomic E-state index is 5.36. The van der Waals surface area contributed by atoms with Crippen LogP contribution < -0.4 is 10.4 Å². The standard InChI is InChI=1S/C49H35N3SSi/c1-54(2)44-27-9-6-24-41(44)46-47(54)45(32-14-4-3-5-15-32)51-48(52-46)39-22-12-20-37(30-39)35-18-10-16-33(28-35)34-17-11-19-36(29-34)38-21-13-23-40(31-38)49-50-42-25-7-8-26-43(42)53-49/h3-31H,1-2H3. The van der Waals surface area contributed by atoms with Gasteiger partial charge in [-0.15, -0.1) is 11.3 Å². The molecule has 3 nitrogen and oxygen atoms in total. The summed E-state index contributed by atoms with van der Waals surface area (Å²) in [4.78, 5) is 15.6. The summed E-state index contributed by atoms with van der Waals surface area (Å²) in [6.45, 7) is 4.86. The van der Waals surface area contributed by atoms with Gasteiger partial charge in [-0.25, -0.2) is 15.0 Å². The lowest BCUT2D eigenvalue weighted by Crippen LogP contribution is -2.50. The lowest BCUT2D eigenvalue weighted by Gasteiger charge is -2.21. The van der Waals surface area contributed by atoms with Crippen molar-refractivity contribution in [3.8, 4) is 77.9 Å². The molecule has 0 radical (unpaired) electrons. The third-order valence-electron chi connectivity index (χ3n) is 10.7. The van der Waals surface area contributed by atoms with Crippen molar-refractivity contribution in [2.24, 2.45) is 0 Å². The van der Waals surface area contributed by atoms with Gasteiger partial charge in [-0.3, -0.25) is 0 Å². The molecule has 10 rings (SSSR count). The summed E-state index contributed by atoms with van der Waals surface area (Å²) in [5.41, 5.74) is 14.7. The van der Waals surface area contributed by atoms with E-state index in [4.69, 9.17) is 15.0 Å². The lowest BCUT2D eigenvalue weighted by atomic mass is 9.95. The topological polar surface area (TPSA) is 38.7 Å². The SMILES string of the molecule is C[Si]1(C)c2ccccc2-c2nc(-c3cccc(-c4cccc(-c5cccc(-c6cccc(-c7nc8ccccc8s7)c6)c5)c4)c3)nc(-c3ccccc3)c21. The number of rotatable bonds is 6. The highest BCUT2D eigenvalue weighted by atomic mass is 32.1. The molecule has 0 fully saturated rings. The quantitative estimate of drug-likeness (QED) is 0.160. The van der Waals surface area contributed by atoms with E-state index in [0.29, 0.717) is 0 Å². The molecule has 2 aromatic heterocycles. The third-order valence-corrected chi connectivity index (χ3v) is 15.3. The monoisotopic (exact) mass is 725 g/mol. The number of hydrogen-bond acceptors (Lipinski definition) is 4. The van der Waals surface area contributed by atoms with Crippen LogP contribution in [0.3, 0.4) is 0 Å². The summed E-state index contributed by atoms with van der Waals surface area (Å²) in [5.74, 6) is 0.757. The Balaban J connectivity index is 1.01. The molecule has 7 aromatic carbocycles. The summed E-state index contributed by atoms with van der Waals surface area (Å²) < 4.78 is 1.21. The van der Waals surface area contributed by atoms with Gasteiger partial charge in [0.15, 0.2) is 5.82 Å². The molecule has 1 aliphatic rings. The second-order valence-electron chi connectivity index (χ2n) is 14.5. The van der Waals surface area contributed by atoms with Crippen molar-refractivity contribution in [3.63, 3.8) is 0 Å². The average Bonchev–Trinajstić information content (AvgIpc) is 3.78. The van der Waals surface area contributed by atoms with Crippen LogP contribution in [0, 0.1) is 0 Å². The predicted molar refractivity (Wildman–Crippen MR) is 230 cm³/mol. The van der Waals surface area contributed by atoms with Gasteiger partial charge < -0.3 is 0 Å². The molecule has 256 valence electrons. The maximum atomic E-state index is 5.36. The zero-order valence-electron chi connectivity index (χ0n) is 30.0. The summed E-state index contributed by atoms with van der Waals surface area (Å²) in [6, 6.07) is 62.9. The molecule has 0 saturated heterocycles. The highest BCUT2D eigenvalue weighted by Crippen LogP contribution is 2.37. The van der Waals surface area contributed by atoms with Crippen molar-refractivity contribution >= 4 is 40.0 Å². The summed E-state index contributed by atoms with van der Waals surface area (Å²) in [7, 11) is -2.01. The van der Waals surface area contributed by atoms with Gasteiger partial charge in [0, 0.05) is 16.7 Å². The smallest absolute Gasteiger partial charge is 0.160 e. The van der Waals surface area contributed by atoms with E-state index in [1.165, 1.54) is 42.9 Å². The largest absolute Gasteiger partial charge is 0.236 e. The van der Waals surface area contributed by atoms with E-state index in [9.17, 15) is 0 Å². The number of aromatic nitrogens is 3. The second kappa shape index (κ2) is 13.0. The van der Waals surface area contributed by atoms with Crippen LogP contribution in [0.5, 0.6) is 0 Å². The number of hydrogen-bond donors (Lipinski definition) is 0. The molecule has 0 bridgehead atoms. The molecule has 0 N–H and O–H groups in total. The Morgan fingerprint density at radius 3 is 1.54 bits per heavy atom. The summed E-state index contributed by atoms with van der Waals surface area (Å²) in [6.07, 6.45) is 0. The zero-order valence-corrected chi connectivity index (χ0v) is 31.8. The molecular formula is C49H35N3SSi. The minimum atomic E-state index is -2.01. The van der Waals surface area contributed by atoms with Gasteiger partial charge in [0.25, 0.3) is 0 Å². The fourth-order valence-electron chi connectivity index (χ4n) is 7.97. The van der Waals surface area contributed by atoms with Gasteiger partial charge in [-0.1, -0.05) is 153 Å². The van der Waals surface area contributed by atoms with Crippen LogP contribution >= 0.6 is 11.3 Å². The maximum Gasteiger partial charge on any atom is 0.160 e. The Labute approximate surface area is 320 Å². The molecule has 0 unspecified atom stereocenters. The molecule has 0 saturated carbocycles. The molecule has 54 heavy (non-hydrogen) atoms. The molecule has 9 aromatic rings. The Morgan fingerprint density at radius 1 is 0.407 bits per heavy atom. The number of benzene rings is 7. The van der Waals surface area contributed by atoms with E-state index in [-0.39, 0.29) is 0 Å². The van der Waals surface area contributed by atoms with Gasteiger partial charge in [-0.2, -0.15) is 0 Å². The molecule has 0 amide bonds. The minimum Gasteiger partial charge on any atom is -0.236 e. The van der Waals surface area contributed by atoms with Crippen molar-refractivity contribution in [3.05, 3.63) is 176 Å². The van der Waals surface area contributed by atoms with Gasteiger partial charge in [-0.05, 0) is 85.7 Å². The van der Waals surface area contributed by atoms with E-state index >= 15 is 0 Å². The number of thiazole rings is 1. The van der Waals surface area contributed by atoms with Gasteiger partial charge in [0.1, 0.15) is 13.1 Å². The van der Waals surface area contributed by atoms with Crippen LogP contribution in [0.1, 0.15) is 0 Å². The number of fused-ring (bicyclic) bond motifs is 4. The van der Waals surface area contributed by atoms with Crippen LogP contribution in [0.4, 0.5) is 0 Å². The Hall–Kier alpha value is -6.27. The van der Waals surface area contributed by atoms with Crippen molar-refractivity contribution in [1.82, 2.24) is 15.0 Å². The Morgan fingerprint density at radius 2 is 0.889 bits per heavy atom. The van der Waals surface area contributed by atoms with Crippen molar-refractivity contribution in [1.29, 1.82) is 0 Å². The normalized spacial score (nSPS) is 12.8. The van der Waals surface area contributed by atoms with Crippen LogP contribution in [0.15, 0.2) is 176 Å².